The van der Waals surface area contributed by atoms with Gasteiger partial charge in [0.25, 0.3) is 0 Å². The van der Waals surface area contributed by atoms with Gasteiger partial charge < -0.3 is 9.13 Å². The number of benzene rings is 3. The number of nitrogens with zero attached hydrogens (tertiary/aromatic N) is 2. The summed E-state index contributed by atoms with van der Waals surface area (Å²) in [5.74, 6) is 0. The van der Waals surface area contributed by atoms with Crippen molar-refractivity contribution in [2.24, 2.45) is 0 Å². The lowest BCUT2D eigenvalue weighted by Crippen LogP contribution is -2.00. The van der Waals surface area contributed by atoms with Crippen LogP contribution in [0.2, 0.25) is 0 Å². The third-order valence-electron chi connectivity index (χ3n) is 6.48. The molecule has 0 radical (unpaired) electrons. The highest BCUT2D eigenvalue weighted by atomic mass is 15.0. The Bertz CT molecular complexity index is 1620. The molecule has 35 heavy (non-hydrogen) atoms. The quantitative estimate of drug-likeness (QED) is 0.242. The summed E-state index contributed by atoms with van der Waals surface area (Å²) in [6.45, 7) is 10.5. The summed E-state index contributed by atoms with van der Waals surface area (Å²) in [5.41, 5.74) is 9.34. The zero-order valence-electron chi connectivity index (χ0n) is 20.6. The predicted molar refractivity (Wildman–Crippen MR) is 155 cm³/mol. The second-order valence-corrected chi connectivity index (χ2v) is 8.63. The van der Waals surface area contributed by atoms with Crippen molar-refractivity contribution in [1.29, 1.82) is 0 Å². The normalized spacial score (nSPS) is 12.5. The predicted octanol–water partition coefficient (Wildman–Crippen LogP) is 9.31. The SMILES string of the molecule is C=Cc1c(/C=C(\C)n2c(/C=C\C)c(/C=C\C)c3ccccc32)n(-c2ccccc2)c2ccccc12. The van der Waals surface area contributed by atoms with Crippen molar-refractivity contribution in [2.45, 2.75) is 20.8 Å². The van der Waals surface area contributed by atoms with Crippen LogP contribution in [0.5, 0.6) is 0 Å². The molecule has 5 aromatic rings. The van der Waals surface area contributed by atoms with Crippen LogP contribution in [0.4, 0.5) is 0 Å². The van der Waals surface area contributed by atoms with Gasteiger partial charge in [-0.15, -0.1) is 0 Å². The van der Waals surface area contributed by atoms with Crippen molar-refractivity contribution in [3.8, 4) is 5.69 Å². The van der Waals surface area contributed by atoms with Gasteiger partial charge in [-0.1, -0.05) is 85.5 Å². The number of hydrogen-bond donors (Lipinski definition) is 0. The molecule has 172 valence electrons. The largest absolute Gasteiger partial charge is 0.313 e. The average Bonchev–Trinajstić information content (AvgIpc) is 3.37. The molecule has 0 amide bonds. The third-order valence-corrected chi connectivity index (χ3v) is 6.48. The number of fused-ring (bicyclic) bond motifs is 2. The van der Waals surface area contributed by atoms with Gasteiger partial charge >= 0.3 is 0 Å². The maximum Gasteiger partial charge on any atom is 0.0558 e. The molecular formula is C33H30N2. The van der Waals surface area contributed by atoms with Gasteiger partial charge in [-0.3, -0.25) is 0 Å². The molecule has 2 heterocycles. The Labute approximate surface area is 207 Å². The van der Waals surface area contributed by atoms with Gasteiger partial charge in [0.15, 0.2) is 0 Å². The molecule has 0 unspecified atom stereocenters. The maximum atomic E-state index is 4.18. The Morgan fingerprint density at radius 3 is 1.94 bits per heavy atom. The zero-order valence-corrected chi connectivity index (χ0v) is 20.6. The fourth-order valence-corrected chi connectivity index (χ4v) is 5.09. The van der Waals surface area contributed by atoms with E-state index in [9.17, 15) is 0 Å². The Kier molecular flexibility index (Phi) is 6.12. The van der Waals surface area contributed by atoms with Crippen LogP contribution in [0.15, 0.2) is 97.6 Å². The second-order valence-electron chi connectivity index (χ2n) is 8.63. The van der Waals surface area contributed by atoms with Crippen LogP contribution in [-0.2, 0) is 0 Å². The third kappa shape index (κ3) is 3.77. The van der Waals surface area contributed by atoms with Crippen LogP contribution in [0.25, 0.3) is 57.5 Å². The number of rotatable bonds is 6. The van der Waals surface area contributed by atoms with E-state index in [0.29, 0.717) is 0 Å². The van der Waals surface area contributed by atoms with Crippen LogP contribution in [0.3, 0.4) is 0 Å². The van der Waals surface area contributed by atoms with Gasteiger partial charge in [-0.05, 0) is 57.2 Å². The number of hydrogen-bond acceptors (Lipinski definition) is 0. The van der Waals surface area contributed by atoms with Crippen molar-refractivity contribution in [2.75, 3.05) is 0 Å². The summed E-state index contributed by atoms with van der Waals surface area (Å²) in [7, 11) is 0. The first-order valence-corrected chi connectivity index (χ1v) is 12.1. The molecular weight excluding hydrogens is 424 g/mol. The Hall–Kier alpha value is -4.30. The maximum absolute atomic E-state index is 4.18. The van der Waals surface area contributed by atoms with Gasteiger partial charge in [0.05, 0.1) is 22.4 Å². The molecule has 0 saturated heterocycles. The van der Waals surface area contributed by atoms with Gasteiger partial charge in [0, 0.05) is 33.3 Å². The summed E-state index contributed by atoms with van der Waals surface area (Å²) < 4.78 is 4.70. The number of allylic oxidation sites excluding steroid dienone is 3. The highest BCUT2D eigenvalue weighted by Gasteiger charge is 2.18. The second kappa shape index (κ2) is 9.52. The lowest BCUT2D eigenvalue weighted by molar-refractivity contribution is 1.09. The van der Waals surface area contributed by atoms with Crippen LogP contribution in [0, 0.1) is 0 Å². The molecule has 0 aliphatic rings. The summed E-state index contributed by atoms with van der Waals surface area (Å²) in [6.07, 6.45) is 12.9. The van der Waals surface area contributed by atoms with E-state index in [2.05, 4.69) is 146 Å². The molecule has 0 aliphatic heterocycles. The smallest absolute Gasteiger partial charge is 0.0558 e. The summed E-state index contributed by atoms with van der Waals surface area (Å²) in [5, 5.41) is 2.45. The van der Waals surface area contributed by atoms with Crippen LogP contribution in [0.1, 0.15) is 43.3 Å². The molecule has 2 nitrogen and oxygen atoms in total. The average molecular weight is 455 g/mol. The minimum Gasteiger partial charge on any atom is -0.313 e. The van der Waals surface area contributed by atoms with E-state index < -0.39 is 0 Å². The van der Waals surface area contributed by atoms with Crippen LogP contribution in [-0.4, -0.2) is 9.13 Å². The molecule has 5 rings (SSSR count). The van der Waals surface area contributed by atoms with Gasteiger partial charge in [0.2, 0.25) is 0 Å². The summed E-state index contributed by atoms with van der Waals surface area (Å²) in [4.78, 5) is 0. The van der Waals surface area contributed by atoms with Crippen molar-refractivity contribution in [3.05, 3.63) is 120 Å². The first-order chi connectivity index (χ1) is 17.2. The highest BCUT2D eigenvalue weighted by Crippen LogP contribution is 2.35. The van der Waals surface area contributed by atoms with Crippen molar-refractivity contribution < 1.29 is 0 Å². The van der Waals surface area contributed by atoms with E-state index in [1.807, 2.05) is 6.08 Å². The summed E-state index contributed by atoms with van der Waals surface area (Å²) >= 11 is 0. The topological polar surface area (TPSA) is 9.86 Å². The fraction of sp³-hybridized carbons (Fsp3) is 0.0909. The lowest BCUT2D eigenvalue weighted by Gasteiger charge is -2.13. The zero-order chi connectivity index (χ0) is 24.4. The molecule has 2 heteroatoms. The Morgan fingerprint density at radius 2 is 1.29 bits per heavy atom. The van der Waals surface area contributed by atoms with Crippen LogP contribution < -0.4 is 0 Å². The molecule has 0 spiro atoms. The standard InChI is InChI=1S/C33H30N2/c1-5-15-27-29-20-12-13-21-31(29)34(30(27)16-6-2)24(4)23-33-26(7-3)28-19-11-14-22-32(28)35(33)25-17-9-8-10-18-25/h5-23H,3H2,1-2,4H3/b15-5-,16-6-,24-23+. The molecule has 0 N–H and O–H groups in total. The minimum absolute atomic E-state index is 1.13. The first-order valence-electron chi connectivity index (χ1n) is 12.1. The first kappa shape index (κ1) is 22.5. The molecule has 0 fully saturated rings. The van der Waals surface area contributed by atoms with Crippen molar-refractivity contribution in [3.63, 3.8) is 0 Å². The van der Waals surface area contributed by atoms with E-state index in [1.165, 1.54) is 33.1 Å². The molecule has 0 atom stereocenters. The van der Waals surface area contributed by atoms with Gasteiger partial charge in [-0.25, -0.2) is 0 Å². The van der Waals surface area contributed by atoms with E-state index in [-0.39, 0.29) is 0 Å². The minimum atomic E-state index is 1.13. The molecule has 0 bridgehead atoms. The molecule has 0 aliphatic carbocycles. The van der Waals surface area contributed by atoms with E-state index >= 15 is 0 Å². The number of aromatic nitrogens is 2. The monoisotopic (exact) mass is 454 g/mol. The van der Waals surface area contributed by atoms with E-state index in [1.54, 1.807) is 0 Å². The lowest BCUT2D eigenvalue weighted by atomic mass is 10.1. The Balaban J connectivity index is 1.86. The van der Waals surface area contributed by atoms with Crippen LogP contribution >= 0.6 is 0 Å². The highest BCUT2D eigenvalue weighted by molar-refractivity contribution is 6.00. The number of para-hydroxylation sites is 3. The van der Waals surface area contributed by atoms with Gasteiger partial charge in [-0.2, -0.15) is 0 Å². The summed E-state index contributed by atoms with van der Waals surface area (Å²) in [6, 6.07) is 27.7. The van der Waals surface area contributed by atoms with Crippen molar-refractivity contribution >= 4 is 51.8 Å². The molecule has 2 aromatic heterocycles. The van der Waals surface area contributed by atoms with E-state index in [4.69, 9.17) is 0 Å². The molecule has 0 saturated carbocycles. The fourth-order valence-electron chi connectivity index (χ4n) is 5.09. The van der Waals surface area contributed by atoms with Crippen molar-refractivity contribution in [1.82, 2.24) is 9.13 Å². The van der Waals surface area contributed by atoms with E-state index in [0.717, 1.165) is 22.6 Å². The Morgan fingerprint density at radius 1 is 0.686 bits per heavy atom. The molecule has 3 aromatic carbocycles. The van der Waals surface area contributed by atoms with Gasteiger partial charge in [0.1, 0.15) is 0 Å².